The first-order valence-corrected chi connectivity index (χ1v) is 17.3. The van der Waals surface area contributed by atoms with Gasteiger partial charge in [0.15, 0.2) is 6.54 Å². The number of carbonyl (C=O) groups is 3. The molecule has 2 aliphatic rings. The molecule has 0 fully saturated rings. The number of aliphatic hydroxyl groups is 2. The second kappa shape index (κ2) is 17.7. The van der Waals surface area contributed by atoms with E-state index in [1.165, 1.54) is 25.7 Å². The van der Waals surface area contributed by atoms with Gasteiger partial charge in [-0.05, 0) is 51.3 Å². The largest absolute Gasteiger partial charge is 0.507 e. The van der Waals surface area contributed by atoms with Crippen molar-refractivity contribution in [2.75, 3.05) is 37.6 Å². The number of phenolic OH excluding ortho intramolecular Hbond substituents is 1. The highest BCUT2D eigenvalue weighted by molar-refractivity contribution is 6.40. The van der Waals surface area contributed by atoms with Crippen molar-refractivity contribution in [2.45, 2.75) is 99.3 Å². The number of aromatic hydroxyl groups is 1. The van der Waals surface area contributed by atoms with Gasteiger partial charge in [0, 0.05) is 61.4 Å². The molecule has 0 aliphatic heterocycles. The van der Waals surface area contributed by atoms with Gasteiger partial charge in [-0.3, -0.25) is 14.4 Å². The van der Waals surface area contributed by atoms with Gasteiger partial charge in [0.25, 0.3) is 0 Å². The Morgan fingerprint density at radius 1 is 0.872 bits per heavy atom. The quantitative estimate of drug-likeness (QED) is 0.0784. The number of benzene rings is 1. The molecule has 0 radical (unpaired) electrons. The van der Waals surface area contributed by atoms with Gasteiger partial charge in [-0.15, -0.1) is 0 Å². The molecule has 4 N–H and O–H groups in total. The maximum atomic E-state index is 13.5. The highest BCUT2D eigenvalue weighted by Crippen LogP contribution is 2.46. The van der Waals surface area contributed by atoms with Crippen LogP contribution in [0.15, 0.2) is 52.5 Å². The normalized spacial score (nSPS) is 17.3. The third kappa shape index (κ3) is 9.24. The van der Waals surface area contributed by atoms with Gasteiger partial charge in [0.05, 0.1) is 23.6 Å². The number of amides is 1. The van der Waals surface area contributed by atoms with E-state index >= 15 is 0 Å². The van der Waals surface area contributed by atoms with E-state index in [1.807, 2.05) is 42.4 Å². The number of aliphatic hydroxyl groups excluding tert-OH is 2. The Balaban J connectivity index is 1.77. The van der Waals surface area contributed by atoms with Crippen molar-refractivity contribution in [2.24, 2.45) is 0 Å². The number of hydrogen-bond acceptors (Lipinski definition) is 7. The van der Waals surface area contributed by atoms with E-state index in [1.54, 1.807) is 26.0 Å². The number of ketones is 2. The summed E-state index contributed by atoms with van der Waals surface area (Å²) in [7, 11) is 0. The fourth-order valence-corrected chi connectivity index (χ4v) is 6.22. The summed E-state index contributed by atoms with van der Waals surface area (Å²) in [5.41, 5.74) is 3.19. The van der Waals surface area contributed by atoms with E-state index < -0.39 is 5.78 Å². The fourth-order valence-electron chi connectivity index (χ4n) is 6.22. The number of rotatable bonds is 18. The fraction of sp³-hybridized carbons (Fsp3) is 0.526. The molecular weight excluding hydrogens is 594 g/mol. The van der Waals surface area contributed by atoms with Crippen molar-refractivity contribution in [3.8, 4) is 5.75 Å². The Hall–Kier alpha value is -4.14. The average Bonchev–Trinajstić information content (AvgIpc) is 3.04. The molecule has 0 atom stereocenters. The molecule has 9 nitrogen and oxygen atoms in total. The monoisotopic (exact) mass is 648 g/mol. The molecule has 0 spiro atoms. The molecule has 0 unspecified atom stereocenters. The third-order valence-electron chi connectivity index (χ3n) is 9.04. The smallest absolute Gasteiger partial charge is 0.226 e. The molecule has 3 rings (SSSR count). The Morgan fingerprint density at radius 3 is 2.17 bits per heavy atom. The lowest BCUT2D eigenvalue weighted by Crippen LogP contribution is -2.30. The van der Waals surface area contributed by atoms with Crippen molar-refractivity contribution in [1.82, 2.24) is 5.32 Å². The number of anilines is 1. The molecule has 2 aliphatic carbocycles. The summed E-state index contributed by atoms with van der Waals surface area (Å²) >= 11 is 0. The van der Waals surface area contributed by atoms with Gasteiger partial charge in [-0.1, -0.05) is 46.0 Å². The van der Waals surface area contributed by atoms with E-state index in [0.29, 0.717) is 63.1 Å². The number of nitrogens with zero attached hydrogens (tertiary/aromatic N) is 2. The van der Waals surface area contributed by atoms with Crippen LogP contribution in [0.25, 0.3) is 5.57 Å². The van der Waals surface area contributed by atoms with Crippen molar-refractivity contribution >= 4 is 34.4 Å². The number of unbranched alkanes of at least 4 members (excludes halogenated alkanes) is 5. The van der Waals surface area contributed by atoms with Crippen molar-refractivity contribution in [3.05, 3.63) is 63.6 Å². The molecule has 0 saturated carbocycles. The van der Waals surface area contributed by atoms with Crippen LogP contribution in [0.5, 0.6) is 5.75 Å². The summed E-state index contributed by atoms with van der Waals surface area (Å²) in [5.74, 6) is -0.864. The van der Waals surface area contributed by atoms with E-state index in [4.69, 9.17) is 0 Å². The zero-order chi connectivity index (χ0) is 34.7. The lowest BCUT2D eigenvalue weighted by Gasteiger charge is -2.28. The Labute approximate surface area is 280 Å². The first-order valence-electron chi connectivity index (χ1n) is 17.3. The summed E-state index contributed by atoms with van der Waals surface area (Å²) in [4.78, 5) is 39.8. The predicted octanol–water partition coefficient (Wildman–Crippen LogP) is 6.79. The zero-order valence-electron chi connectivity index (χ0n) is 29.2. The molecule has 0 bridgehead atoms. The summed E-state index contributed by atoms with van der Waals surface area (Å²) in [5, 5.41) is 36.3. The molecule has 0 heterocycles. The van der Waals surface area contributed by atoms with Crippen molar-refractivity contribution in [1.29, 1.82) is 0 Å². The minimum absolute atomic E-state index is 0.00615. The molecule has 1 aromatic rings. The van der Waals surface area contributed by atoms with E-state index in [9.17, 15) is 29.7 Å². The minimum Gasteiger partial charge on any atom is -0.507 e. The number of aryl methyl sites for hydroxylation is 1. The second-order valence-corrected chi connectivity index (χ2v) is 12.4. The van der Waals surface area contributed by atoms with E-state index in [-0.39, 0.29) is 51.2 Å². The van der Waals surface area contributed by atoms with Crippen molar-refractivity contribution < 1.29 is 34.3 Å². The van der Waals surface area contributed by atoms with Crippen molar-refractivity contribution in [3.63, 3.8) is 0 Å². The van der Waals surface area contributed by atoms with Gasteiger partial charge in [0.1, 0.15) is 29.6 Å². The number of phenols is 1. The van der Waals surface area contributed by atoms with E-state index in [0.717, 1.165) is 24.2 Å². The Kier molecular flexibility index (Phi) is 14.0. The lowest BCUT2D eigenvalue weighted by atomic mass is 9.76. The maximum Gasteiger partial charge on any atom is 0.226 e. The first kappa shape index (κ1) is 37.3. The predicted molar refractivity (Wildman–Crippen MR) is 188 cm³/mol. The van der Waals surface area contributed by atoms with Gasteiger partial charge in [0.2, 0.25) is 17.4 Å². The van der Waals surface area contributed by atoms with E-state index in [2.05, 4.69) is 12.2 Å². The van der Waals surface area contributed by atoms with Gasteiger partial charge in [-0.25, -0.2) is 4.58 Å². The molecule has 0 aromatic heterocycles. The molecule has 1 aromatic carbocycles. The summed E-state index contributed by atoms with van der Waals surface area (Å²) in [6, 6.07) is 3.39. The Morgan fingerprint density at radius 2 is 1.57 bits per heavy atom. The molecular formula is C38H54N3O6+. The van der Waals surface area contributed by atoms with Gasteiger partial charge in [-0.2, -0.15) is 0 Å². The highest BCUT2D eigenvalue weighted by atomic mass is 16.3. The molecule has 256 valence electrons. The average molecular weight is 649 g/mol. The maximum absolute atomic E-state index is 13.5. The highest BCUT2D eigenvalue weighted by Gasteiger charge is 2.41. The van der Waals surface area contributed by atoms with Crippen LogP contribution in [0, 0.1) is 6.92 Å². The van der Waals surface area contributed by atoms with Crippen LogP contribution < -0.4 is 10.2 Å². The Bertz CT molecular complexity index is 1460. The standard InChI is InChI=1S/C38H53N3O6/c1-7-11-12-13-14-15-18-39-32(45)17-20-41(10-4)28-22-26(6)34(31(44)24-28)36-37(46)35(38(36)47)33-25(5)21-27(23-30(33)43)40(9-3)19-16-29(42)8-2/h21-24H,7-20H2,1-6H3,(H3,39,43,44,45,46,47)/p+1. The van der Waals surface area contributed by atoms with Crippen LogP contribution in [0.2, 0.25) is 0 Å². The number of nitrogens with one attached hydrogen (secondary N) is 1. The zero-order valence-corrected chi connectivity index (χ0v) is 29.2. The van der Waals surface area contributed by atoms with Crippen LogP contribution in [-0.4, -0.2) is 75.8 Å². The summed E-state index contributed by atoms with van der Waals surface area (Å²) in [6.45, 7) is 14.4. The lowest BCUT2D eigenvalue weighted by molar-refractivity contribution is -0.521. The number of carbonyl (C=O) groups excluding carboxylic acids is 3. The summed E-state index contributed by atoms with van der Waals surface area (Å²) in [6.07, 6.45) is 11.6. The molecule has 47 heavy (non-hydrogen) atoms. The number of hydrogen-bond donors (Lipinski definition) is 4. The second-order valence-electron chi connectivity index (χ2n) is 12.4. The first-order chi connectivity index (χ1) is 22.5. The van der Waals surface area contributed by atoms with Gasteiger partial charge >= 0.3 is 0 Å². The van der Waals surface area contributed by atoms with Crippen LogP contribution in [-0.2, 0) is 14.4 Å². The van der Waals surface area contributed by atoms with Crippen LogP contribution in [0.1, 0.15) is 104 Å². The van der Waals surface area contributed by atoms with Crippen LogP contribution >= 0.6 is 0 Å². The molecule has 0 saturated heterocycles. The number of Topliss-reactive ketones (excluding diaryl/α,β-unsaturated/α-hetero) is 2. The van der Waals surface area contributed by atoms with Crippen LogP contribution in [0.3, 0.4) is 0 Å². The SMILES string of the molecule is CCCCCCCCNC(=O)CC[N+](CC)=C1C=C(C)C(=C2C(=O)C(c3c(C)cc(N(CC)CCC(=O)CC)cc3O)=C2O)C(O)=C1. The minimum atomic E-state index is -0.463. The molecule has 1 amide bonds. The third-order valence-corrected chi connectivity index (χ3v) is 9.04. The molecule has 9 heteroatoms. The van der Waals surface area contributed by atoms with Crippen LogP contribution in [0.4, 0.5) is 5.69 Å². The summed E-state index contributed by atoms with van der Waals surface area (Å²) < 4.78 is 2.00. The number of allylic oxidation sites excluding steroid dienone is 5. The van der Waals surface area contributed by atoms with Gasteiger partial charge < -0.3 is 25.5 Å². The topological polar surface area (TPSA) is 130 Å².